The van der Waals surface area contributed by atoms with E-state index in [9.17, 15) is 23.2 Å². The summed E-state index contributed by atoms with van der Waals surface area (Å²) >= 11 is 0. The normalized spacial score (nSPS) is 13.8. The van der Waals surface area contributed by atoms with E-state index in [-0.39, 0.29) is 30.2 Å². The van der Waals surface area contributed by atoms with Crippen LogP contribution in [0.3, 0.4) is 0 Å². The third-order valence-corrected chi connectivity index (χ3v) is 3.67. The number of rotatable bonds is 4. The minimum absolute atomic E-state index is 0.0252. The van der Waals surface area contributed by atoms with Crippen LogP contribution in [0.1, 0.15) is 15.9 Å². The van der Waals surface area contributed by atoms with Gasteiger partial charge in [0.25, 0.3) is 5.91 Å². The van der Waals surface area contributed by atoms with Crippen molar-refractivity contribution >= 4 is 23.5 Å². The van der Waals surface area contributed by atoms with E-state index in [1.807, 2.05) is 0 Å². The van der Waals surface area contributed by atoms with E-state index in [0.717, 1.165) is 17.0 Å². The monoisotopic (exact) mass is 345 g/mol. The standard InChI is InChI=1S/C17H13F2N3O3/c18-12-5-6-14(13(19)7-12)21-16(24)11-3-1-10(2-4-11)9-22-15(23)8-20-17(22)25/h1-7H,8-9H2,(H,20,25)(H,21,24). The second-order valence-electron chi connectivity index (χ2n) is 5.41. The van der Waals surface area contributed by atoms with Crippen LogP contribution in [0.15, 0.2) is 42.5 Å². The number of halogens is 2. The number of carbonyl (C=O) groups is 3. The summed E-state index contributed by atoms with van der Waals surface area (Å²) in [6, 6.07) is 8.56. The average Bonchev–Trinajstić information content (AvgIpc) is 2.90. The molecule has 3 rings (SSSR count). The van der Waals surface area contributed by atoms with E-state index < -0.39 is 23.6 Å². The van der Waals surface area contributed by atoms with Gasteiger partial charge >= 0.3 is 6.03 Å². The Kier molecular flexibility index (Phi) is 4.42. The molecule has 0 spiro atoms. The summed E-state index contributed by atoms with van der Waals surface area (Å²) in [4.78, 5) is 36.2. The molecule has 0 unspecified atom stereocenters. The summed E-state index contributed by atoms with van der Waals surface area (Å²) < 4.78 is 26.4. The average molecular weight is 345 g/mol. The zero-order valence-electron chi connectivity index (χ0n) is 12.9. The van der Waals surface area contributed by atoms with Crippen molar-refractivity contribution in [2.45, 2.75) is 6.54 Å². The lowest BCUT2D eigenvalue weighted by Gasteiger charge is -2.12. The first-order valence-corrected chi connectivity index (χ1v) is 7.37. The first-order valence-electron chi connectivity index (χ1n) is 7.37. The van der Waals surface area contributed by atoms with Crippen molar-refractivity contribution in [2.75, 3.05) is 11.9 Å². The van der Waals surface area contributed by atoms with E-state index in [1.54, 1.807) is 12.1 Å². The lowest BCUT2D eigenvalue weighted by atomic mass is 10.1. The van der Waals surface area contributed by atoms with Crippen LogP contribution in [0, 0.1) is 11.6 Å². The van der Waals surface area contributed by atoms with Crippen molar-refractivity contribution < 1.29 is 23.2 Å². The fraction of sp³-hybridized carbons (Fsp3) is 0.118. The van der Waals surface area contributed by atoms with Gasteiger partial charge in [-0.25, -0.2) is 13.6 Å². The minimum Gasteiger partial charge on any atom is -0.329 e. The number of imide groups is 1. The van der Waals surface area contributed by atoms with Gasteiger partial charge in [0.05, 0.1) is 18.8 Å². The Morgan fingerprint density at radius 1 is 1.12 bits per heavy atom. The lowest BCUT2D eigenvalue weighted by molar-refractivity contribution is -0.125. The molecule has 128 valence electrons. The first kappa shape index (κ1) is 16.6. The molecule has 1 saturated heterocycles. The molecule has 0 radical (unpaired) electrons. The number of benzene rings is 2. The number of anilines is 1. The highest BCUT2D eigenvalue weighted by Gasteiger charge is 2.28. The maximum atomic E-state index is 13.6. The molecule has 0 aromatic heterocycles. The van der Waals surface area contributed by atoms with Crippen molar-refractivity contribution in [3.8, 4) is 0 Å². The summed E-state index contributed by atoms with van der Waals surface area (Å²) in [5, 5.41) is 4.77. The summed E-state index contributed by atoms with van der Waals surface area (Å²) in [6.45, 7) is 0.0711. The van der Waals surface area contributed by atoms with Crippen LogP contribution < -0.4 is 10.6 Å². The highest BCUT2D eigenvalue weighted by molar-refractivity contribution is 6.04. The van der Waals surface area contributed by atoms with Crippen LogP contribution in [-0.4, -0.2) is 29.3 Å². The van der Waals surface area contributed by atoms with Gasteiger partial charge in [0.1, 0.15) is 11.6 Å². The SMILES string of the molecule is O=C(Nc1ccc(F)cc1F)c1ccc(CN2C(=O)CNC2=O)cc1. The van der Waals surface area contributed by atoms with Crippen LogP contribution in [0.5, 0.6) is 0 Å². The maximum absolute atomic E-state index is 13.6. The maximum Gasteiger partial charge on any atom is 0.324 e. The topological polar surface area (TPSA) is 78.5 Å². The Balaban J connectivity index is 1.68. The van der Waals surface area contributed by atoms with Crippen LogP contribution in [0.4, 0.5) is 19.3 Å². The smallest absolute Gasteiger partial charge is 0.324 e. The van der Waals surface area contributed by atoms with E-state index in [4.69, 9.17) is 0 Å². The third kappa shape index (κ3) is 3.63. The Hall–Kier alpha value is -3.29. The molecule has 25 heavy (non-hydrogen) atoms. The van der Waals surface area contributed by atoms with E-state index in [1.165, 1.54) is 12.1 Å². The summed E-state index contributed by atoms with van der Waals surface area (Å²) in [5.41, 5.74) is 0.786. The van der Waals surface area contributed by atoms with Gasteiger partial charge in [-0.3, -0.25) is 14.5 Å². The van der Waals surface area contributed by atoms with Gasteiger partial charge in [0.2, 0.25) is 5.91 Å². The molecule has 0 aliphatic carbocycles. The molecule has 1 heterocycles. The fourth-order valence-electron chi connectivity index (χ4n) is 2.34. The molecule has 2 aromatic rings. The van der Waals surface area contributed by atoms with Crippen LogP contribution in [0.25, 0.3) is 0 Å². The van der Waals surface area contributed by atoms with Crippen LogP contribution >= 0.6 is 0 Å². The molecule has 1 fully saturated rings. The van der Waals surface area contributed by atoms with Crippen molar-refractivity contribution in [3.05, 3.63) is 65.2 Å². The summed E-state index contributed by atoms with van der Waals surface area (Å²) in [7, 11) is 0. The second-order valence-corrected chi connectivity index (χ2v) is 5.41. The third-order valence-electron chi connectivity index (χ3n) is 3.67. The highest BCUT2D eigenvalue weighted by Crippen LogP contribution is 2.17. The quantitative estimate of drug-likeness (QED) is 0.835. The predicted molar refractivity (Wildman–Crippen MR) is 84.7 cm³/mol. The molecule has 1 aliphatic rings. The number of nitrogens with one attached hydrogen (secondary N) is 2. The van der Waals surface area contributed by atoms with Gasteiger partial charge in [0.15, 0.2) is 0 Å². The summed E-state index contributed by atoms with van der Waals surface area (Å²) in [6.07, 6.45) is 0. The van der Waals surface area contributed by atoms with Crippen molar-refractivity contribution in [2.24, 2.45) is 0 Å². The van der Waals surface area contributed by atoms with E-state index in [2.05, 4.69) is 10.6 Å². The Bertz CT molecular complexity index is 837. The van der Waals surface area contributed by atoms with Gasteiger partial charge in [-0.15, -0.1) is 0 Å². The Morgan fingerprint density at radius 2 is 1.84 bits per heavy atom. The van der Waals surface area contributed by atoms with Gasteiger partial charge in [-0.2, -0.15) is 0 Å². The minimum atomic E-state index is -0.872. The van der Waals surface area contributed by atoms with Gasteiger partial charge in [-0.05, 0) is 29.8 Å². The molecule has 2 N–H and O–H groups in total. The molecule has 0 saturated carbocycles. The molecule has 2 aromatic carbocycles. The number of hydrogen-bond acceptors (Lipinski definition) is 3. The summed E-state index contributed by atoms with van der Waals surface area (Å²) in [5.74, 6) is -2.49. The Labute approximate surface area is 141 Å². The number of hydrogen-bond donors (Lipinski definition) is 2. The molecular formula is C17H13F2N3O3. The van der Waals surface area contributed by atoms with Crippen LogP contribution in [0.2, 0.25) is 0 Å². The van der Waals surface area contributed by atoms with Gasteiger partial charge in [-0.1, -0.05) is 12.1 Å². The zero-order valence-corrected chi connectivity index (χ0v) is 12.9. The van der Waals surface area contributed by atoms with Crippen molar-refractivity contribution in [1.82, 2.24) is 10.2 Å². The number of carbonyl (C=O) groups excluding carboxylic acids is 3. The molecule has 6 nitrogen and oxygen atoms in total. The highest BCUT2D eigenvalue weighted by atomic mass is 19.1. The van der Waals surface area contributed by atoms with Crippen molar-refractivity contribution in [1.29, 1.82) is 0 Å². The lowest BCUT2D eigenvalue weighted by Crippen LogP contribution is -2.30. The molecule has 0 atom stereocenters. The van der Waals surface area contributed by atoms with Gasteiger partial charge in [0, 0.05) is 11.6 Å². The van der Waals surface area contributed by atoms with E-state index >= 15 is 0 Å². The fourth-order valence-corrected chi connectivity index (χ4v) is 2.34. The van der Waals surface area contributed by atoms with Crippen molar-refractivity contribution in [3.63, 3.8) is 0 Å². The molecule has 8 heteroatoms. The number of urea groups is 1. The number of amides is 4. The van der Waals surface area contributed by atoms with Gasteiger partial charge < -0.3 is 10.6 Å². The molecule has 4 amide bonds. The second kappa shape index (κ2) is 6.68. The molecule has 1 aliphatic heterocycles. The zero-order chi connectivity index (χ0) is 18.0. The predicted octanol–water partition coefficient (Wildman–Crippen LogP) is 2.27. The van der Waals surface area contributed by atoms with Crippen LogP contribution in [-0.2, 0) is 11.3 Å². The van der Waals surface area contributed by atoms with E-state index in [0.29, 0.717) is 11.6 Å². The largest absolute Gasteiger partial charge is 0.329 e. The Morgan fingerprint density at radius 3 is 2.44 bits per heavy atom. The molecular weight excluding hydrogens is 332 g/mol. The first-order chi connectivity index (χ1) is 11.9. The number of nitrogens with zero attached hydrogens (tertiary/aromatic N) is 1. The molecule has 0 bridgehead atoms.